The van der Waals surface area contributed by atoms with E-state index in [0.717, 1.165) is 0 Å². The van der Waals surface area contributed by atoms with E-state index in [1.54, 1.807) is 0 Å². The quantitative estimate of drug-likeness (QED) is 0.829. The van der Waals surface area contributed by atoms with E-state index in [0.29, 0.717) is 13.0 Å². The molecule has 1 saturated heterocycles. The summed E-state index contributed by atoms with van der Waals surface area (Å²) >= 11 is 0. The van der Waals surface area contributed by atoms with E-state index in [4.69, 9.17) is 4.52 Å². The Hall–Kier alpha value is -1.15. The predicted molar refractivity (Wildman–Crippen MR) is 50.1 cm³/mol. The average molecular weight is 251 g/mol. The first-order valence-corrected chi connectivity index (χ1v) is 5.22. The molecule has 0 saturated carbocycles. The minimum Gasteiger partial charge on any atom is -0.379 e. The molecule has 1 aliphatic rings. The lowest BCUT2D eigenvalue weighted by molar-refractivity contribution is -0.134. The summed E-state index contributed by atoms with van der Waals surface area (Å²) in [5.41, 5.74) is -1.25. The summed E-state index contributed by atoms with van der Waals surface area (Å²) in [6, 6.07) is 0. The van der Waals surface area contributed by atoms with Crippen LogP contribution in [0.25, 0.3) is 0 Å². The maximum Gasteiger partial charge on any atom is 0.389 e. The largest absolute Gasteiger partial charge is 0.389 e. The van der Waals surface area contributed by atoms with Crippen LogP contribution in [0.3, 0.4) is 0 Å². The van der Waals surface area contributed by atoms with Gasteiger partial charge >= 0.3 is 6.18 Å². The van der Waals surface area contributed by atoms with Gasteiger partial charge in [-0.1, -0.05) is 5.16 Å². The number of rotatable bonds is 3. The molecule has 5 nitrogen and oxygen atoms in total. The van der Waals surface area contributed by atoms with Gasteiger partial charge in [0.2, 0.25) is 0 Å². The van der Waals surface area contributed by atoms with Crippen LogP contribution in [0.15, 0.2) is 4.52 Å². The summed E-state index contributed by atoms with van der Waals surface area (Å²) in [5.74, 6) is -0.0441. The summed E-state index contributed by atoms with van der Waals surface area (Å²) in [6.07, 6.45) is -5.17. The van der Waals surface area contributed by atoms with Crippen molar-refractivity contribution in [2.75, 3.05) is 13.1 Å². The molecule has 2 heterocycles. The fourth-order valence-electron chi connectivity index (χ4n) is 1.66. The molecule has 0 aromatic carbocycles. The molecule has 17 heavy (non-hydrogen) atoms. The topological polar surface area (TPSA) is 71.2 Å². The van der Waals surface area contributed by atoms with Gasteiger partial charge in [0.15, 0.2) is 11.4 Å². The summed E-state index contributed by atoms with van der Waals surface area (Å²) < 4.78 is 40.7. The van der Waals surface area contributed by atoms with Gasteiger partial charge in [0.1, 0.15) is 0 Å². The van der Waals surface area contributed by atoms with E-state index in [1.807, 2.05) is 0 Å². The minimum absolute atomic E-state index is 0.0142. The highest BCUT2D eigenvalue weighted by molar-refractivity contribution is 5.03. The second-order valence-electron chi connectivity index (χ2n) is 4.09. The number of hydrogen-bond donors (Lipinski definition) is 2. The number of aromatic nitrogens is 2. The Bertz CT molecular complexity index is 385. The van der Waals surface area contributed by atoms with Crippen molar-refractivity contribution in [2.45, 2.75) is 31.0 Å². The zero-order chi connectivity index (χ0) is 12.5. The van der Waals surface area contributed by atoms with E-state index in [9.17, 15) is 18.3 Å². The van der Waals surface area contributed by atoms with Gasteiger partial charge in [-0.3, -0.25) is 0 Å². The lowest BCUT2D eigenvalue weighted by Crippen LogP contribution is -2.28. The minimum atomic E-state index is -4.24. The first kappa shape index (κ1) is 12.3. The average Bonchev–Trinajstić information content (AvgIpc) is 2.83. The van der Waals surface area contributed by atoms with Crippen LogP contribution in [-0.2, 0) is 12.0 Å². The molecule has 0 bridgehead atoms. The number of hydrogen-bond acceptors (Lipinski definition) is 5. The number of β-amino-alcohol motifs (C(OH)–C–C–N with tert-alkyl or cyclic N) is 1. The standard InChI is InChI=1S/C9H12F3N3O2/c10-9(11,12)2-1-6-14-7(17-15-6)8(16)3-4-13-5-8/h13,16H,1-5H2. The van der Waals surface area contributed by atoms with Crippen molar-refractivity contribution in [3.05, 3.63) is 11.7 Å². The molecular formula is C9H12F3N3O2. The van der Waals surface area contributed by atoms with E-state index >= 15 is 0 Å². The predicted octanol–water partition coefficient (Wildman–Crippen LogP) is 0.745. The number of nitrogens with zero attached hydrogens (tertiary/aromatic N) is 2. The summed E-state index contributed by atoms with van der Waals surface area (Å²) in [6.45, 7) is 0.880. The fraction of sp³-hybridized carbons (Fsp3) is 0.778. The van der Waals surface area contributed by atoms with Crippen LogP contribution in [0.5, 0.6) is 0 Å². The lowest BCUT2D eigenvalue weighted by atomic mass is 10.0. The highest BCUT2D eigenvalue weighted by Crippen LogP contribution is 2.27. The normalized spacial score (nSPS) is 25.4. The Kier molecular flexibility index (Phi) is 3.09. The molecule has 1 unspecified atom stereocenters. The van der Waals surface area contributed by atoms with Gasteiger partial charge in [0.25, 0.3) is 5.89 Å². The fourth-order valence-corrected chi connectivity index (χ4v) is 1.66. The molecule has 1 fully saturated rings. The van der Waals surface area contributed by atoms with E-state index in [2.05, 4.69) is 15.5 Å². The van der Waals surface area contributed by atoms with Crippen LogP contribution in [-0.4, -0.2) is 34.5 Å². The molecule has 8 heteroatoms. The van der Waals surface area contributed by atoms with Crippen molar-refractivity contribution in [1.29, 1.82) is 0 Å². The van der Waals surface area contributed by atoms with Crippen LogP contribution >= 0.6 is 0 Å². The second-order valence-corrected chi connectivity index (χ2v) is 4.09. The molecule has 96 valence electrons. The molecule has 1 aliphatic heterocycles. The second kappa shape index (κ2) is 4.26. The lowest BCUT2D eigenvalue weighted by Gasteiger charge is -2.14. The van der Waals surface area contributed by atoms with Crippen molar-refractivity contribution in [2.24, 2.45) is 0 Å². The zero-order valence-electron chi connectivity index (χ0n) is 8.92. The van der Waals surface area contributed by atoms with E-state index in [-0.39, 0.29) is 24.7 Å². The van der Waals surface area contributed by atoms with Crippen LogP contribution in [0.2, 0.25) is 0 Å². The first-order valence-electron chi connectivity index (χ1n) is 5.22. The van der Waals surface area contributed by atoms with Gasteiger partial charge in [-0.05, 0) is 13.0 Å². The monoisotopic (exact) mass is 251 g/mol. The molecule has 0 radical (unpaired) electrons. The molecule has 2 N–H and O–H groups in total. The van der Waals surface area contributed by atoms with Crippen molar-refractivity contribution in [1.82, 2.24) is 15.5 Å². The highest BCUT2D eigenvalue weighted by Gasteiger charge is 2.39. The molecule has 2 rings (SSSR count). The van der Waals surface area contributed by atoms with Crippen molar-refractivity contribution >= 4 is 0 Å². The van der Waals surface area contributed by atoms with Crippen LogP contribution < -0.4 is 5.32 Å². The third kappa shape index (κ3) is 2.95. The number of halogens is 3. The number of nitrogens with one attached hydrogen (secondary N) is 1. The maximum atomic E-state index is 12.0. The highest BCUT2D eigenvalue weighted by atomic mass is 19.4. The zero-order valence-corrected chi connectivity index (χ0v) is 8.92. The SMILES string of the molecule is OC1(c2nc(CCC(F)(F)F)no2)CCNC1. The summed E-state index contributed by atoms with van der Waals surface area (Å²) in [7, 11) is 0. The summed E-state index contributed by atoms with van der Waals surface area (Å²) in [4.78, 5) is 3.80. The third-order valence-corrected chi connectivity index (χ3v) is 2.63. The van der Waals surface area contributed by atoms with Gasteiger partial charge in [0, 0.05) is 13.0 Å². The Morgan fingerprint density at radius 2 is 2.24 bits per heavy atom. The molecule has 1 aromatic heterocycles. The first-order chi connectivity index (χ1) is 7.89. The molecule has 0 spiro atoms. The number of aryl methyl sites for hydroxylation is 1. The van der Waals surface area contributed by atoms with Gasteiger partial charge < -0.3 is 14.9 Å². The van der Waals surface area contributed by atoms with E-state index in [1.165, 1.54) is 0 Å². The molecule has 1 aromatic rings. The van der Waals surface area contributed by atoms with Gasteiger partial charge in [-0.25, -0.2) is 0 Å². The van der Waals surface area contributed by atoms with Crippen LogP contribution in [0, 0.1) is 0 Å². The Balaban J connectivity index is 2.01. The van der Waals surface area contributed by atoms with Gasteiger partial charge in [-0.15, -0.1) is 0 Å². The number of aliphatic hydroxyl groups is 1. The van der Waals surface area contributed by atoms with Crippen molar-refractivity contribution in [3.63, 3.8) is 0 Å². The van der Waals surface area contributed by atoms with Crippen molar-refractivity contribution in [3.8, 4) is 0 Å². The van der Waals surface area contributed by atoms with Crippen LogP contribution in [0.1, 0.15) is 24.6 Å². The number of alkyl halides is 3. The van der Waals surface area contributed by atoms with Gasteiger partial charge in [-0.2, -0.15) is 18.2 Å². The molecule has 0 aliphatic carbocycles. The van der Waals surface area contributed by atoms with E-state index < -0.39 is 18.2 Å². The molecule has 1 atom stereocenters. The third-order valence-electron chi connectivity index (χ3n) is 2.63. The maximum absolute atomic E-state index is 12.0. The van der Waals surface area contributed by atoms with Crippen LogP contribution in [0.4, 0.5) is 13.2 Å². The summed E-state index contributed by atoms with van der Waals surface area (Å²) in [5, 5.41) is 16.4. The molecular weight excluding hydrogens is 239 g/mol. The molecule has 0 amide bonds. The van der Waals surface area contributed by atoms with Gasteiger partial charge in [0.05, 0.1) is 6.42 Å². The Morgan fingerprint density at radius 3 is 2.82 bits per heavy atom. The smallest absolute Gasteiger partial charge is 0.379 e. The van der Waals surface area contributed by atoms with Crippen molar-refractivity contribution < 1.29 is 22.8 Å². The Morgan fingerprint density at radius 1 is 1.47 bits per heavy atom. The Labute approximate surface area is 95.0 Å².